The Bertz CT molecular complexity index is 559. The molecular formula is C14H17N5. The van der Waals surface area contributed by atoms with Crippen LogP contribution in [0, 0.1) is 0 Å². The fourth-order valence-electron chi connectivity index (χ4n) is 2.14. The van der Waals surface area contributed by atoms with E-state index in [1.54, 1.807) is 6.20 Å². The molecular weight excluding hydrogens is 238 g/mol. The number of nitrogens with zero attached hydrogens (tertiary/aromatic N) is 3. The van der Waals surface area contributed by atoms with E-state index >= 15 is 0 Å². The first-order valence-electron chi connectivity index (χ1n) is 6.52. The third-order valence-electron chi connectivity index (χ3n) is 3.12. The van der Waals surface area contributed by atoms with Gasteiger partial charge in [0.15, 0.2) is 5.96 Å². The summed E-state index contributed by atoms with van der Waals surface area (Å²) in [5.41, 5.74) is 2.36. The van der Waals surface area contributed by atoms with Crippen molar-refractivity contribution in [3.8, 4) is 5.69 Å². The van der Waals surface area contributed by atoms with Crippen LogP contribution in [0.3, 0.4) is 0 Å². The van der Waals surface area contributed by atoms with Crippen LogP contribution in [0.2, 0.25) is 0 Å². The summed E-state index contributed by atoms with van der Waals surface area (Å²) in [6.07, 6.45) is 6.66. The highest BCUT2D eigenvalue weighted by Gasteiger charge is 2.06. The van der Waals surface area contributed by atoms with Gasteiger partial charge in [0, 0.05) is 32.0 Å². The standard InChI is InChI=1S/C14H17N5/c1-2-5-13(19-9-8-15-11-19)12(4-1)10-18-14-16-6-3-7-17-14/h1-2,4-5,8-9,11H,3,6-7,10H2,(H2,16,17,18). The average Bonchev–Trinajstić information content (AvgIpc) is 3.01. The van der Waals surface area contributed by atoms with Gasteiger partial charge in [-0.15, -0.1) is 0 Å². The van der Waals surface area contributed by atoms with Crippen molar-refractivity contribution in [1.29, 1.82) is 0 Å². The molecule has 1 aromatic heterocycles. The molecule has 0 amide bonds. The summed E-state index contributed by atoms with van der Waals surface area (Å²) in [5, 5.41) is 6.61. The quantitative estimate of drug-likeness (QED) is 0.869. The summed E-state index contributed by atoms with van der Waals surface area (Å²) < 4.78 is 2.02. The Balaban J connectivity index is 1.76. The van der Waals surface area contributed by atoms with E-state index in [9.17, 15) is 0 Å². The fourth-order valence-corrected chi connectivity index (χ4v) is 2.14. The Hall–Kier alpha value is -2.30. The van der Waals surface area contributed by atoms with Gasteiger partial charge in [0.25, 0.3) is 0 Å². The number of rotatable bonds is 3. The first-order valence-corrected chi connectivity index (χ1v) is 6.52. The van der Waals surface area contributed by atoms with Crippen molar-refractivity contribution in [3.05, 3.63) is 48.5 Å². The van der Waals surface area contributed by atoms with E-state index in [4.69, 9.17) is 0 Å². The molecule has 3 rings (SSSR count). The van der Waals surface area contributed by atoms with Crippen LogP contribution < -0.4 is 10.6 Å². The van der Waals surface area contributed by atoms with Gasteiger partial charge < -0.3 is 15.2 Å². The number of para-hydroxylation sites is 1. The number of guanidine groups is 1. The first-order chi connectivity index (χ1) is 9.43. The van der Waals surface area contributed by atoms with Crippen molar-refractivity contribution >= 4 is 5.96 Å². The smallest absolute Gasteiger partial charge is 0.191 e. The highest BCUT2D eigenvalue weighted by Crippen LogP contribution is 2.13. The summed E-state index contributed by atoms with van der Waals surface area (Å²) in [4.78, 5) is 8.51. The summed E-state index contributed by atoms with van der Waals surface area (Å²) in [6, 6.07) is 8.29. The van der Waals surface area contributed by atoms with Gasteiger partial charge in [0.2, 0.25) is 0 Å². The van der Waals surface area contributed by atoms with Gasteiger partial charge in [-0.3, -0.25) is 4.99 Å². The highest BCUT2D eigenvalue weighted by atomic mass is 15.2. The van der Waals surface area contributed by atoms with Crippen LogP contribution in [-0.2, 0) is 6.54 Å². The lowest BCUT2D eigenvalue weighted by atomic mass is 10.1. The van der Waals surface area contributed by atoms with Gasteiger partial charge in [-0.05, 0) is 18.1 Å². The number of imidazole rings is 1. The molecule has 0 spiro atoms. The van der Waals surface area contributed by atoms with Gasteiger partial charge in [-0.2, -0.15) is 0 Å². The van der Waals surface area contributed by atoms with Crippen molar-refractivity contribution < 1.29 is 0 Å². The second-order valence-electron chi connectivity index (χ2n) is 4.46. The molecule has 0 bridgehead atoms. The SMILES string of the molecule is c1ccc(-n2ccnc2)c(CNC2=NCCCN2)c1. The van der Waals surface area contributed by atoms with E-state index in [1.165, 1.54) is 5.56 Å². The van der Waals surface area contributed by atoms with Crippen LogP contribution in [0.25, 0.3) is 5.69 Å². The molecule has 0 radical (unpaired) electrons. The van der Waals surface area contributed by atoms with Gasteiger partial charge >= 0.3 is 0 Å². The maximum atomic E-state index is 4.41. The molecule has 5 heteroatoms. The average molecular weight is 255 g/mol. The highest BCUT2D eigenvalue weighted by molar-refractivity contribution is 5.80. The van der Waals surface area contributed by atoms with Crippen molar-refractivity contribution in [2.75, 3.05) is 13.1 Å². The van der Waals surface area contributed by atoms with Crippen LogP contribution in [-0.4, -0.2) is 28.6 Å². The van der Waals surface area contributed by atoms with Gasteiger partial charge in [-0.1, -0.05) is 18.2 Å². The minimum atomic E-state index is 0.750. The zero-order chi connectivity index (χ0) is 12.9. The molecule has 0 saturated heterocycles. The minimum absolute atomic E-state index is 0.750. The number of aliphatic imine (C=N–C) groups is 1. The Morgan fingerprint density at radius 1 is 1.32 bits per heavy atom. The largest absolute Gasteiger partial charge is 0.356 e. The number of hydrogen-bond donors (Lipinski definition) is 2. The third kappa shape index (κ3) is 2.76. The molecule has 0 fully saturated rings. The van der Waals surface area contributed by atoms with Gasteiger partial charge in [-0.25, -0.2) is 4.98 Å². The number of hydrogen-bond acceptors (Lipinski definition) is 4. The topological polar surface area (TPSA) is 54.2 Å². The molecule has 0 atom stereocenters. The minimum Gasteiger partial charge on any atom is -0.356 e. The van der Waals surface area contributed by atoms with Crippen molar-refractivity contribution in [3.63, 3.8) is 0 Å². The van der Waals surface area contributed by atoms with Crippen LogP contribution in [0.1, 0.15) is 12.0 Å². The molecule has 2 aromatic rings. The second kappa shape index (κ2) is 5.56. The lowest BCUT2D eigenvalue weighted by Crippen LogP contribution is -2.40. The Labute approximate surface area is 112 Å². The first kappa shape index (κ1) is 11.8. The summed E-state index contributed by atoms with van der Waals surface area (Å²) in [5.74, 6) is 0.895. The van der Waals surface area contributed by atoms with E-state index in [2.05, 4.69) is 32.7 Å². The summed E-state index contributed by atoms with van der Waals surface area (Å²) in [6.45, 7) is 2.65. The Kier molecular flexibility index (Phi) is 3.45. The van der Waals surface area contributed by atoms with Crippen molar-refractivity contribution in [2.24, 2.45) is 4.99 Å². The molecule has 0 saturated carbocycles. The van der Waals surface area contributed by atoms with Gasteiger partial charge in [0.1, 0.15) is 0 Å². The van der Waals surface area contributed by atoms with E-state index in [-0.39, 0.29) is 0 Å². The normalized spacial score (nSPS) is 14.6. The predicted octanol–water partition coefficient (Wildman–Crippen LogP) is 1.31. The number of aromatic nitrogens is 2. The van der Waals surface area contributed by atoms with Crippen LogP contribution >= 0.6 is 0 Å². The summed E-state index contributed by atoms with van der Waals surface area (Å²) >= 11 is 0. The zero-order valence-electron chi connectivity index (χ0n) is 10.7. The lowest BCUT2D eigenvalue weighted by Gasteiger charge is -2.17. The molecule has 1 aliphatic rings. The Morgan fingerprint density at radius 2 is 2.26 bits per heavy atom. The van der Waals surface area contributed by atoms with Crippen LogP contribution in [0.4, 0.5) is 0 Å². The molecule has 2 heterocycles. The summed E-state index contributed by atoms with van der Waals surface area (Å²) in [7, 11) is 0. The Morgan fingerprint density at radius 3 is 3.05 bits per heavy atom. The lowest BCUT2D eigenvalue weighted by molar-refractivity contribution is 0.701. The zero-order valence-corrected chi connectivity index (χ0v) is 10.7. The molecule has 98 valence electrons. The molecule has 19 heavy (non-hydrogen) atoms. The van der Waals surface area contributed by atoms with Crippen molar-refractivity contribution in [2.45, 2.75) is 13.0 Å². The monoisotopic (exact) mass is 255 g/mol. The molecule has 1 aliphatic heterocycles. The van der Waals surface area contributed by atoms with E-state index in [1.807, 2.05) is 29.2 Å². The second-order valence-corrected chi connectivity index (χ2v) is 4.46. The third-order valence-corrected chi connectivity index (χ3v) is 3.12. The molecule has 5 nitrogen and oxygen atoms in total. The van der Waals surface area contributed by atoms with Crippen LogP contribution in [0.5, 0.6) is 0 Å². The van der Waals surface area contributed by atoms with E-state index < -0.39 is 0 Å². The fraction of sp³-hybridized carbons (Fsp3) is 0.286. The maximum absolute atomic E-state index is 4.41. The van der Waals surface area contributed by atoms with E-state index in [0.717, 1.165) is 37.7 Å². The molecule has 0 aliphatic carbocycles. The maximum Gasteiger partial charge on any atom is 0.191 e. The predicted molar refractivity (Wildman–Crippen MR) is 75.3 cm³/mol. The number of benzene rings is 1. The van der Waals surface area contributed by atoms with Gasteiger partial charge in [0.05, 0.1) is 12.0 Å². The van der Waals surface area contributed by atoms with E-state index in [0.29, 0.717) is 0 Å². The molecule has 1 aromatic carbocycles. The molecule has 2 N–H and O–H groups in total. The molecule has 0 unspecified atom stereocenters. The van der Waals surface area contributed by atoms with Crippen LogP contribution in [0.15, 0.2) is 48.0 Å². The van der Waals surface area contributed by atoms with Crippen molar-refractivity contribution in [1.82, 2.24) is 20.2 Å². The number of nitrogens with one attached hydrogen (secondary N) is 2.